The normalized spacial score (nSPS) is 10.9. The first kappa shape index (κ1) is 32.1. The lowest BCUT2D eigenvalue weighted by Crippen LogP contribution is -2.09. The Kier molecular flexibility index (Phi) is 8.17. The summed E-state index contributed by atoms with van der Waals surface area (Å²) in [6, 6.07) is 65.7. The first-order valence-corrected chi connectivity index (χ1v) is 17.6. The summed E-state index contributed by atoms with van der Waals surface area (Å²) in [6.07, 6.45) is 0. The summed E-state index contributed by atoms with van der Waals surface area (Å²) >= 11 is 0. The fourth-order valence-electron chi connectivity index (χ4n) is 7.11. The minimum Gasteiger partial charge on any atom is -0.310 e. The van der Waals surface area contributed by atoms with E-state index in [0.717, 1.165) is 61.6 Å². The molecule has 0 unspecified atom stereocenters. The quantitative estimate of drug-likeness (QED) is 0.166. The van der Waals surface area contributed by atoms with Crippen LogP contribution in [0.25, 0.3) is 61.4 Å². The lowest BCUT2D eigenvalue weighted by atomic mass is 10.0. The molecule has 0 fully saturated rings. The highest BCUT2D eigenvalue weighted by atomic mass is 15.1. The van der Waals surface area contributed by atoms with Gasteiger partial charge in [0.1, 0.15) is 0 Å². The van der Waals surface area contributed by atoms with Crippen LogP contribution in [0.4, 0.5) is 17.1 Å². The molecule has 252 valence electrons. The molecule has 0 aliphatic carbocycles. The summed E-state index contributed by atoms with van der Waals surface area (Å²) in [6.45, 7) is 0. The Hall–Kier alpha value is -7.80. The van der Waals surface area contributed by atoms with Crippen LogP contribution in [0.5, 0.6) is 0 Å². The summed E-state index contributed by atoms with van der Waals surface area (Å²) in [4.78, 5) is 12.2. The lowest BCUT2D eigenvalue weighted by molar-refractivity contribution is 1.17. The van der Waals surface area contributed by atoms with Crippen LogP contribution in [0.2, 0.25) is 0 Å². The van der Waals surface area contributed by atoms with Crippen molar-refractivity contribution in [1.29, 1.82) is 10.5 Å². The predicted molar refractivity (Wildman–Crippen MR) is 217 cm³/mol. The minimum absolute atomic E-state index is 0.504. The third-order valence-electron chi connectivity index (χ3n) is 9.63. The molecule has 0 spiro atoms. The van der Waals surface area contributed by atoms with E-state index in [2.05, 4.69) is 137 Å². The number of hydrogen-bond donors (Lipinski definition) is 0. The van der Waals surface area contributed by atoms with Crippen molar-refractivity contribution < 1.29 is 0 Å². The number of hydrogen-bond acceptors (Lipinski definition) is 5. The Labute approximate surface area is 312 Å². The summed E-state index contributed by atoms with van der Waals surface area (Å²) in [5.74, 6) is 0.504. The van der Waals surface area contributed by atoms with Gasteiger partial charge in [-0.15, -0.1) is 0 Å². The van der Waals surface area contributed by atoms with E-state index < -0.39 is 0 Å². The summed E-state index contributed by atoms with van der Waals surface area (Å²) in [5.41, 5.74) is 11.5. The maximum atomic E-state index is 9.58. The molecule has 0 saturated heterocycles. The van der Waals surface area contributed by atoms with Crippen molar-refractivity contribution in [2.24, 2.45) is 0 Å². The second-order valence-electron chi connectivity index (χ2n) is 13.0. The molecule has 2 heterocycles. The van der Waals surface area contributed by atoms with Crippen LogP contribution >= 0.6 is 0 Å². The average Bonchev–Trinajstić information content (AvgIpc) is 3.58. The van der Waals surface area contributed by atoms with Crippen LogP contribution in [-0.4, -0.2) is 14.5 Å². The number of fused-ring (bicyclic) bond motifs is 3. The molecule has 0 aliphatic rings. The van der Waals surface area contributed by atoms with Gasteiger partial charge in [0.25, 0.3) is 0 Å². The van der Waals surface area contributed by atoms with Gasteiger partial charge in [-0.25, -0.2) is 9.97 Å². The fourth-order valence-corrected chi connectivity index (χ4v) is 7.11. The van der Waals surface area contributed by atoms with Crippen molar-refractivity contribution >= 4 is 38.9 Å². The van der Waals surface area contributed by atoms with Gasteiger partial charge in [-0.1, -0.05) is 91.0 Å². The summed E-state index contributed by atoms with van der Waals surface area (Å²) in [5, 5.41) is 21.5. The number of benzene rings is 7. The van der Waals surface area contributed by atoms with Crippen molar-refractivity contribution in [2.75, 3.05) is 4.90 Å². The van der Waals surface area contributed by atoms with Gasteiger partial charge >= 0.3 is 0 Å². The van der Waals surface area contributed by atoms with Crippen molar-refractivity contribution in [3.63, 3.8) is 0 Å². The zero-order valence-electron chi connectivity index (χ0n) is 29.0. The topological polar surface area (TPSA) is 81.5 Å². The van der Waals surface area contributed by atoms with Gasteiger partial charge in [-0.2, -0.15) is 10.5 Å². The van der Waals surface area contributed by atoms with Crippen molar-refractivity contribution in [3.8, 4) is 51.7 Å². The monoisotopic (exact) mass is 690 g/mol. The standard InChI is InChI=1S/C48H30N6/c49-31-33-11-9-13-36(27-33)45-30-44(51-48(52-45)37-14-10-12-34(28-37)32-50)35-21-23-40(24-22-35)54-46-20-8-7-19-42(46)43-29-41(25-26-47(43)54)53(38-15-3-1-4-16-38)39-17-5-2-6-18-39/h1-30H. The Morgan fingerprint density at radius 1 is 0.426 bits per heavy atom. The zero-order valence-corrected chi connectivity index (χ0v) is 29.0. The van der Waals surface area contributed by atoms with Crippen LogP contribution in [0.3, 0.4) is 0 Å². The minimum atomic E-state index is 0.504. The molecular weight excluding hydrogens is 661 g/mol. The summed E-state index contributed by atoms with van der Waals surface area (Å²) < 4.78 is 2.31. The molecule has 0 bridgehead atoms. The number of anilines is 3. The van der Waals surface area contributed by atoms with Crippen LogP contribution in [0.1, 0.15) is 11.1 Å². The van der Waals surface area contributed by atoms with E-state index in [4.69, 9.17) is 9.97 Å². The molecule has 6 heteroatoms. The highest BCUT2D eigenvalue weighted by Crippen LogP contribution is 2.40. The summed E-state index contributed by atoms with van der Waals surface area (Å²) in [7, 11) is 0. The van der Waals surface area contributed by atoms with Gasteiger partial charge in [-0.05, 0) is 91.0 Å². The van der Waals surface area contributed by atoms with Gasteiger partial charge in [0.2, 0.25) is 0 Å². The fraction of sp³-hybridized carbons (Fsp3) is 0. The largest absolute Gasteiger partial charge is 0.310 e. The van der Waals surface area contributed by atoms with Crippen LogP contribution < -0.4 is 4.90 Å². The molecule has 2 aromatic heterocycles. The lowest BCUT2D eigenvalue weighted by Gasteiger charge is -2.25. The number of para-hydroxylation sites is 3. The van der Waals surface area contributed by atoms with E-state index in [1.807, 2.05) is 48.5 Å². The maximum absolute atomic E-state index is 9.58. The highest BCUT2D eigenvalue weighted by Gasteiger charge is 2.18. The van der Waals surface area contributed by atoms with Gasteiger partial charge in [0.05, 0.1) is 45.7 Å². The Morgan fingerprint density at radius 2 is 1.00 bits per heavy atom. The van der Waals surface area contributed by atoms with E-state index in [9.17, 15) is 10.5 Å². The molecule has 0 amide bonds. The molecule has 0 N–H and O–H groups in total. The number of aromatic nitrogens is 3. The Balaban J connectivity index is 1.16. The van der Waals surface area contributed by atoms with E-state index in [1.54, 1.807) is 18.2 Å². The smallest absolute Gasteiger partial charge is 0.160 e. The van der Waals surface area contributed by atoms with Crippen molar-refractivity contribution in [2.45, 2.75) is 0 Å². The molecule has 0 radical (unpaired) electrons. The highest BCUT2D eigenvalue weighted by molar-refractivity contribution is 6.10. The third-order valence-corrected chi connectivity index (χ3v) is 9.63. The van der Waals surface area contributed by atoms with Crippen molar-refractivity contribution in [3.05, 3.63) is 193 Å². The van der Waals surface area contributed by atoms with E-state index in [0.29, 0.717) is 22.6 Å². The predicted octanol–water partition coefficient (Wildman–Crippen LogP) is 11.8. The molecule has 6 nitrogen and oxygen atoms in total. The number of nitriles is 2. The second-order valence-corrected chi connectivity index (χ2v) is 13.0. The maximum Gasteiger partial charge on any atom is 0.160 e. The van der Waals surface area contributed by atoms with E-state index >= 15 is 0 Å². The molecule has 0 aliphatic heterocycles. The van der Waals surface area contributed by atoms with Crippen LogP contribution in [0.15, 0.2) is 182 Å². The SMILES string of the molecule is N#Cc1cccc(-c2cc(-c3ccc(-n4c5ccccc5c5cc(N(c6ccccc6)c6ccccc6)ccc54)cc3)nc(-c3cccc(C#N)c3)n2)c1. The first-order chi connectivity index (χ1) is 26.7. The molecular formula is C48H30N6. The van der Waals surface area contributed by atoms with E-state index in [-0.39, 0.29) is 0 Å². The molecule has 0 saturated carbocycles. The van der Waals surface area contributed by atoms with E-state index in [1.165, 1.54) is 5.39 Å². The molecule has 9 rings (SSSR count). The number of nitrogens with zero attached hydrogens (tertiary/aromatic N) is 6. The molecule has 0 atom stereocenters. The molecule has 54 heavy (non-hydrogen) atoms. The second kappa shape index (κ2) is 13.7. The molecule has 9 aromatic rings. The number of rotatable bonds is 7. The van der Waals surface area contributed by atoms with Crippen molar-refractivity contribution in [1.82, 2.24) is 14.5 Å². The van der Waals surface area contributed by atoms with Crippen LogP contribution in [-0.2, 0) is 0 Å². The van der Waals surface area contributed by atoms with Gasteiger partial charge in [0, 0.05) is 50.2 Å². The van der Waals surface area contributed by atoms with Gasteiger partial charge in [-0.3, -0.25) is 0 Å². The van der Waals surface area contributed by atoms with Gasteiger partial charge in [0.15, 0.2) is 5.82 Å². The zero-order chi connectivity index (χ0) is 36.4. The van der Waals surface area contributed by atoms with Crippen LogP contribution in [0, 0.1) is 22.7 Å². The molecule has 7 aromatic carbocycles. The Bertz CT molecular complexity index is 2780. The Morgan fingerprint density at radius 3 is 1.67 bits per heavy atom. The first-order valence-electron chi connectivity index (χ1n) is 17.6. The van der Waals surface area contributed by atoms with Gasteiger partial charge < -0.3 is 9.47 Å². The third kappa shape index (κ3) is 5.90. The average molecular weight is 691 g/mol.